The van der Waals surface area contributed by atoms with E-state index in [1.54, 1.807) is 6.33 Å². The summed E-state index contributed by atoms with van der Waals surface area (Å²) in [5.41, 5.74) is 2.38. The first-order valence-electron chi connectivity index (χ1n) is 7.32. The van der Waals surface area contributed by atoms with Gasteiger partial charge in [0.25, 0.3) is 0 Å². The molecular formula is C16H21N5. The number of hydrogen-bond acceptors (Lipinski definition) is 5. The number of rotatable bonds is 3. The lowest BCUT2D eigenvalue weighted by Gasteiger charge is -2.29. The summed E-state index contributed by atoms with van der Waals surface area (Å²) in [4.78, 5) is 13.2. The second-order valence-electron chi connectivity index (χ2n) is 5.37. The van der Waals surface area contributed by atoms with Crippen molar-refractivity contribution in [2.45, 2.75) is 6.92 Å². The van der Waals surface area contributed by atoms with E-state index in [2.05, 4.69) is 62.3 Å². The van der Waals surface area contributed by atoms with Gasteiger partial charge in [0.15, 0.2) is 0 Å². The molecule has 0 aliphatic carbocycles. The monoisotopic (exact) mass is 283 g/mol. The van der Waals surface area contributed by atoms with E-state index < -0.39 is 0 Å². The zero-order chi connectivity index (χ0) is 14.7. The van der Waals surface area contributed by atoms with Crippen molar-refractivity contribution in [3.8, 4) is 0 Å². The maximum absolute atomic E-state index is 4.42. The van der Waals surface area contributed by atoms with Crippen LogP contribution in [0.25, 0.3) is 0 Å². The van der Waals surface area contributed by atoms with Gasteiger partial charge in [0.2, 0.25) is 0 Å². The van der Waals surface area contributed by atoms with E-state index in [1.165, 1.54) is 5.56 Å². The van der Waals surface area contributed by atoms with Crippen molar-refractivity contribution >= 4 is 17.3 Å². The fraction of sp³-hybridized carbons (Fsp3) is 0.375. The Morgan fingerprint density at radius 3 is 2.71 bits per heavy atom. The zero-order valence-electron chi connectivity index (χ0n) is 12.6. The number of piperazine rings is 1. The Morgan fingerprint density at radius 1 is 1.14 bits per heavy atom. The third kappa shape index (κ3) is 3.13. The maximum Gasteiger partial charge on any atom is 0.138 e. The van der Waals surface area contributed by atoms with Gasteiger partial charge >= 0.3 is 0 Å². The maximum atomic E-state index is 4.42. The SMILES string of the molecule is Cc1cccc(N(C)c2cc(N3CCNCC3)ncn2)c1. The minimum atomic E-state index is 0.920. The number of aromatic nitrogens is 2. The topological polar surface area (TPSA) is 44.3 Å². The highest BCUT2D eigenvalue weighted by molar-refractivity contribution is 5.62. The fourth-order valence-corrected chi connectivity index (χ4v) is 2.56. The number of aryl methyl sites for hydroxylation is 1. The molecule has 1 fully saturated rings. The predicted octanol–water partition coefficient (Wildman–Crippen LogP) is 1.96. The van der Waals surface area contributed by atoms with Crippen LogP contribution in [0.5, 0.6) is 0 Å². The van der Waals surface area contributed by atoms with Crippen LogP contribution < -0.4 is 15.1 Å². The lowest BCUT2D eigenvalue weighted by molar-refractivity contribution is 0.584. The molecule has 2 aromatic rings. The van der Waals surface area contributed by atoms with Gasteiger partial charge in [-0.25, -0.2) is 9.97 Å². The molecule has 1 aromatic carbocycles. The number of anilines is 3. The lowest BCUT2D eigenvalue weighted by atomic mass is 10.2. The third-order valence-electron chi connectivity index (χ3n) is 3.81. The third-order valence-corrected chi connectivity index (χ3v) is 3.81. The molecule has 0 bridgehead atoms. The van der Waals surface area contributed by atoms with Crippen molar-refractivity contribution < 1.29 is 0 Å². The molecule has 0 spiro atoms. The molecule has 1 aromatic heterocycles. The van der Waals surface area contributed by atoms with Crippen molar-refractivity contribution in [2.75, 3.05) is 43.0 Å². The second-order valence-corrected chi connectivity index (χ2v) is 5.37. The standard InChI is InChI=1S/C16H21N5/c1-13-4-3-5-14(10-13)20(2)15-11-16(19-12-18-15)21-8-6-17-7-9-21/h3-5,10-12,17H,6-9H2,1-2H3. The van der Waals surface area contributed by atoms with Crippen molar-refractivity contribution in [3.05, 3.63) is 42.2 Å². The van der Waals surface area contributed by atoms with E-state index in [4.69, 9.17) is 0 Å². The summed E-state index contributed by atoms with van der Waals surface area (Å²) in [6, 6.07) is 10.5. The van der Waals surface area contributed by atoms with Gasteiger partial charge in [0.1, 0.15) is 18.0 Å². The van der Waals surface area contributed by atoms with E-state index in [1.807, 2.05) is 7.05 Å². The molecule has 0 atom stereocenters. The molecule has 2 heterocycles. The first-order chi connectivity index (χ1) is 10.2. The van der Waals surface area contributed by atoms with Crippen LogP contribution in [0.3, 0.4) is 0 Å². The van der Waals surface area contributed by atoms with Crippen molar-refractivity contribution in [3.63, 3.8) is 0 Å². The summed E-state index contributed by atoms with van der Waals surface area (Å²) in [6.07, 6.45) is 1.65. The molecule has 5 nitrogen and oxygen atoms in total. The molecule has 0 amide bonds. The molecule has 1 aliphatic rings. The Kier molecular flexibility index (Phi) is 4.01. The van der Waals surface area contributed by atoms with Crippen molar-refractivity contribution in [2.24, 2.45) is 0 Å². The summed E-state index contributed by atoms with van der Waals surface area (Å²) >= 11 is 0. The Bertz CT molecular complexity index is 607. The molecule has 1 N–H and O–H groups in total. The fourth-order valence-electron chi connectivity index (χ4n) is 2.56. The van der Waals surface area contributed by atoms with Crippen LogP contribution in [0, 0.1) is 6.92 Å². The van der Waals surface area contributed by atoms with Gasteiger partial charge < -0.3 is 15.1 Å². The number of benzene rings is 1. The zero-order valence-corrected chi connectivity index (χ0v) is 12.6. The second kappa shape index (κ2) is 6.10. The average Bonchev–Trinajstić information content (AvgIpc) is 2.55. The molecule has 21 heavy (non-hydrogen) atoms. The van der Waals surface area contributed by atoms with Crippen LogP contribution in [-0.2, 0) is 0 Å². The highest BCUT2D eigenvalue weighted by Gasteiger charge is 2.14. The van der Waals surface area contributed by atoms with Gasteiger partial charge in [-0.1, -0.05) is 12.1 Å². The van der Waals surface area contributed by atoms with Gasteiger partial charge in [0.05, 0.1) is 0 Å². The average molecular weight is 283 g/mol. The molecule has 5 heteroatoms. The molecular weight excluding hydrogens is 262 g/mol. The minimum Gasteiger partial charge on any atom is -0.354 e. The van der Waals surface area contributed by atoms with Gasteiger partial charge in [0, 0.05) is 45.0 Å². The van der Waals surface area contributed by atoms with Crippen LogP contribution in [0.15, 0.2) is 36.7 Å². The quantitative estimate of drug-likeness (QED) is 0.933. The Balaban J connectivity index is 1.85. The van der Waals surface area contributed by atoms with E-state index in [0.29, 0.717) is 0 Å². The summed E-state index contributed by atoms with van der Waals surface area (Å²) in [5, 5.41) is 3.36. The lowest BCUT2D eigenvalue weighted by Crippen LogP contribution is -2.43. The highest BCUT2D eigenvalue weighted by Crippen LogP contribution is 2.24. The van der Waals surface area contributed by atoms with E-state index in [9.17, 15) is 0 Å². The smallest absolute Gasteiger partial charge is 0.138 e. The summed E-state index contributed by atoms with van der Waals surface area (Å²) in [7, 11) is 2.04. The number of nitrogens with zero attached hydrogens (tertiary/aromatic N) is 4. The van der Waals surface area contributed by atoms with Crippen molar-refractivity contribution in [1.29, 1.82) is 0 Å². The van der Waals surface area contributed by atoms with Crippen LogP contribution in [-0.4, -0.2) is 43.2 Å². The van der Waals surface area contributed by atoms with Gasteiger partial charge in [-0.15, -0.1) is 0 Å². The van der Waals surface area contributed by atoms with Crippen LogP contribution in [0.4, 0.5) is 17.3 Å². The van der Waals surface area contributed by atoms with Crippen LogP contribution in [0.2, 0.25) is 0 Å². The summed E-state index contributed by atoms with van der Waals surface area (Å²) in [5.74, 6) is 1.92. The largest absolute Gasteiger partial charge is 0.354 e. The molecule has 0 radical (unpaired) electrons. The molecule has 1 saturated heterocycles. The normalized spacial score (nSPS) is 15.0. The van der Waals surface area contributed by atoms with E-state index in [0.717, 1.165) is 43.5 Å². The summed E-state index contributed by atoms with van der Waals surface area (Å²) in [6.45, 7) is 6.10. The first-order valence-corrected chi connectivity index (χ1v) is 7.32. The Hall–Kier alpha value is -2.14. The van der Waals surface area contributed by atoms with Crippen LogP contribution >= 0.6 is 0 Å². The van der Waals surface area contributed by atoms with E-state index >= 15 is 0 Å². The number of nitrogens with one attached hydrogen (secondary N) is 1. The van der Waals surface area contributed by atoms with Crippen LogP contribution in [0.1, 0.15) is 5.56 Å². The Morgan fingerprint density at radius 2 is 1.95 bits per heavy atom. The summed E-state index contributed by atoms with van der Waals surface area (Å²) < 4.78 is 0. The van der Waals surface area contributed by atoms with Gasteiger partial charge in [-0.3, -0.25) is 0 Å². The highest BCUT2D eigenvalue weighted by atomic mass is 15.2. The van der Waals surface area contributed by atoms with Gasteiger partial charge in [-0.2, -0.15) is 0 Å². The number of hydrogen-bond donors (Lipinski definition) is 1. The molecule has 0 saturated carbocycles. The van der Waals surface area contributed by atoms with E-state index in [-0.39, 0.29) is 0 Å². The van der Waals surface area contributed by atoms with Crippen molar-refractivity contribution in [1.82, 2.24) is 15.3 Å². The Labute approximate surface area is 125 Å². The predicted molar refractivity (Wildman–Crippen MR) is 86.4 cm³/mol. The molecule has 0 unspecified atom stereocenters. The molecule has 110 valence electrons. The molecule has 3 rings (SSSR count). The molecule has 1 aliphatic heterocycles. The minimum absolute atomic E-state index is 0.920. The first kappa shape index (κ1) is 13.8. The van der Waals surface area contributed by atoms with Gasteiger partial charge in [-0.05, 0) is 24.6 Å².